The van der Waals surface area contributed by atoms with E-state index in [1.165, 1.54) is 7.11 Å². The standard InChI is InChI=1S/C7H12O4/c1-11-5-2-3-7(5,10)4-6(8)9/h5,10H,2-4H2,1H3,(H,8,9). The first kappa shape index (κ1) is 8.49. The van der Waals surface area contributed by atoms with Gasteiger partial charge in [-0.1, -0.05) is 0 Å². The number of carboxylic acid groups (broad SMARTS) is 1. The quantitative estimate of drug-likeness (QED) is 0.610. The molecule has 4 heteroatoms. The average molecular weight is 160 g/mol. The third kappa shape index (κ3) is 1.52. The van der Waals surface area contributed by atoms with E-state index in [0.29, 0.717) is 6.42 Å². The zero-order valence-corrected chi connectivity index (χ0v) is 6.41. The maximum absolute atomic E-state index is 10.3. The van der Waals surface area contributed by atoms with Gasteiger partial charge in [-0.3, -0.25) is 4.79 Å². The highest BCUT2D eigenvalue weighted by molar-refractivity contribution is 5.68. The summed E-state index contributed by atoms with van der Waals surface area (Å²) < 4.78 is 4.89. The molecule has 2 N–H and O–H groups in total. The van der Waals surface area contributed by atoms with Crippen LogP contribution in [0.3, 0.4) is 0 Å². The minimum atomic E-state index is -1.11. The van der Waals surface area contributed by atoms with Crippen LogP contribution in [0.15, 0.2) is 0 Å². The number of aliphatic carboxylic acids is 1. The van der Waals surface area contributed by atoms with E-state index in [-0.39, 0.29) is 12.5 Å². The molecule has 0 amide bonds. The second-order valence-corrected chi connectivity index (χ2v) is 2.94. The summed E-state index contributed by atoms with van der Waals surface area (Å²) in [6.07, 6.45) is 0.766. The molecule has 64 valence electrons. The fourth-order valence-corrected chi connectivity index (χ4v) is 1.40. The Kier molecular flexibility index (Phi) is 2.15. The van der Waals surface area contributed by atoms with Crippen molar-refractivity contribution in [1.29, 1.82) is 0 Å². The molecule has 0 aromatic carbocycles. The van der Waals surface area contributed by atoms with Gasteiger partial charge in [-0.15, -0.1) is 0 Å². The van der Waals surface area contributed by atoms with Gasteiger partial charge in [0.15, 0.2) is 0 Å². The summed E-state index contributed by atoms with van der Waals surface area (Å²) in [5, 5.41) is 17.9. The first-order valence-corrected chi connectivity index (χ1v) is 3.55. The average Bonchev–Trinajstić information content (AvgIpc) is 1.85. The van der Waals surface area contributed by atoms with Crippen LogP contribution in [-0.4, -0.2) is 35.0 Å². The highest BCUT2D eigenvalue weighted by Crippen LogP contribution is 2.37. The number of rotatable bonds is 3. The van der Waals surface area contributed by atoms with Gasteiger partial charge in [-0.2, -0.15) is 0 Å². The molecule has 2 atom stereocenters. The summed E-state index contributed by atoms with van der Waals surface area (Å²) in [7, 11) is 1.48. The van der Waals surface area contributed by atoms with Crippen LogP contribution in [0.1, 0.15) is 19.3 Å². The van der Waals surface area contributed by atoms with Crippen LogP contribution >= 0.6 is 0 Å². The lowest BCUT2D eigenvalue weighted by atomic mass is 9.75. The number of hydrogen-bond acceptors (Lipinski definition) is 3. The zero-order chi connectivity index (χ0) is 8.48. The topological polar surface area (TPSA) is 66.8 Å². The second-order valence-electron chi connectivity index (χ2n) is 2.94. The third-order valence-electron chi connectivity index (χ3n) is 2.18. The van der Waals surface area contributed by atoms with Gasteiger partial charge in [0.1, 0.15) is 5.60 Å². The van der Waals surface area contributed by atoms with Crippen LogP contribution in [0.5, 0.6) is 0 Å². The molecular weight excluding hydrogens is 148 g/mol. The molecule has 0 bridgehead atoms. The number of hydrogen-bond donors (Lipinski definition) is 2. The van der Waals surface area contributed by atoms with Gasteiger partial charge >= 0.3 is 5.97 Å². The van der Waals surface area contributed by atoms with Gasteiger partial charge in [0.2, 0.25) is 0 Å². The van der Waals surface area contributed by atoms with Crippen molar-refractivity contribution in [3.8, 4) is 0 Å². The summed E-state index contributed by atoms with van der Waals surface area (Å²) in [5.74, 6) is -0.978. The van der Waals surface area contributed by atoms with E-state index < -0.39 is 11.6 Å². The lowest BCUT2D eigenvalue weighted by molar-refractivity contribution is -0.177. The molecule has 4 nitrogen and oxygen atoms in total. The molecule has 0 heterocycles. The molecule has 0 aromatic rings. The van der Waals surface area contributed by atoms with E-state index in [1.807, 2.05) is 0 Å². The minimum Gasteiger partial charge on any atom is -0.481 e. The number of carbonyl (C=O) groups is 1. The van der Waals surface area contributed by atoms with Crippen LogP contribution in [0, 0.1) is 0 Å². The maximum Gasteiger partial charge on any atom is 0.306 e. The van der Waals surface area contributed by atoms with Crippen molar-refractivity contribution in [2.24, 2.45) is 0 Å². The van der Waals surface area contributed by atoms with Crippen LogP contribution in [-0.2, 0) is 9.53 Å². The molecule has 1 fully saturated rings. The molecule has 0 saturated heterocycles. The number of carboxylic acids is 1. The second kappa shape index (κ2) is 2.79. The van der Waals surface area contributed by atoms with Gasteiger partial charge in [-0.05, 0) is 12.8 Å². The molecule has 1 aliphatic rings. The molecule has 0 radical (unpaired) electrons. The van der Waals surface area contributed by atoms with Crippen LogP contribution in [0.4, 0.5) is 0 Å². The van der Waals surface area contributed by atoms with E-state index >= 15 is 0 Å². The summed E-state index contributed by atoms with van der Waals surface area (Å²) >= 11 is 0. The normalized spacial score (nSPS) is 36.4. The first-order chi connectivity index (χ1) is 5.08. The monoisotopic (exact) mass is 160 g/mol. The van der Waals surface area contributed by atoms with Gasteiger partial charge in [0.25, 0.3) is 0 Å². The molecule has 1 rings (SSSR count). The molecule has 1 aliphatic carbocycles. The van der Waals surface area contributed by atoms with Crippen molar-refractivity contribution in [2.45, 2.75) is 31.0 Å². The van der Waals surface area contributed by atoms with Crippen molar-refractivity contribution < 1.29 is 19.7 Å². The predicted octanol–water partition coefficient (Wildman–Crippen LogP) is 0.001000. The third-order valence-corrected chi connectivity index (χ3v) is 2.18. The molecule has 0 spiro atoms. The van der Waals surface area contributed by atoms with E-state index in [9.17, 15) is 9.90 Å². The van der Waals surface area contributed by atoms with Crippen molar-refractivity contribution in [2.75, 3.05) is 7.11 Å². The Hall–Kier alpha value is -0.610. The van der Waals surface area contributed by atoms with Crippen molar-refractivity contribution in [1.82, 2.24) is 0 Å². The molecule has 1 saturated carbocycles. The Morgan fingerprint density at radius 3 is 2.73 bits per heavy atom. The van der Waals surface area contributed by atoms with Crippen molar-refractivity contribution in [3.63, 3.8) is 0 Å². The van der Waals surface area contributed by atoms with Gasteiger partial charge < -0.3 is 14.9 Å². The highest BCUT2D eigenvalue weighted by Gasteiger charge is 2.47. The molecular formula is C7H12O4. The predicted molar refractivity (Wildman–Crippen MR) is 37.2 cm³/mol. The Balaban J connectivity index is 2.47. The Morgan fingerprint density at radius 1 is 1.82 bits per heavy atom. The fraction of sp³-hybridized carbons (Fsp3) is 0.857. The highest BCUT2D eigenvalue weighted by atomic mass is 16.5. The van der Waals surface area contributed by atoms with E-state index in [0.717, 1.165) is 6.42 Å². The summed E-state index contributed by atoms with van der Waals surface area (Å²) in [5.41, 5.74) is -1.11. The van der Waals surface area contributed by atoms with Crippen molar-refractivity contribution >= 4 is 5.97 Å². The molecule has 2 unspecified atom stereocenters. The number of ether oxygens (including phenoxy) is 1. The summed E-state index contributed by atoms with van der Waals surface area (Å²) in [6.45, 7) is 0. The van der Waals surface area contributed by atoms with Gasteiger partial charge in [0, 0.05) is 7.11 Å². The molecule has 0 aromatic heterocycles. The smallest absolute Gasteiger partial charge is 0.306 e. The Bertz CT molecular complexity index is 166. The van der Waals surface area contributed by atoms with Crippen LogP contribution < -0.4 is 0 Å². The minimum absolute atomic E-state index is 0.217. The Morgan fingerprint density at radius 2 is 2.45 bits per heavy atom. The summed E-state index contributed by atoms with van der Waals surface area (Å²) in [4.78, 5) is 10.3. The Labute approximate surface area is 64.8 Å². The number of aliphatic hydroxyl groups is 1. The van der Waals surface area contributed by atoms with E-state index in [1.54, 1.807) is 0 Å². The van der Waals surface area contributed by atoms with Gasteiger partial charge in [0.05, 0.1) is 12.5 Å². The number of methoxy groups -OCH3 is 1. The SMILES string of the molecule is COC1CCC1(O)CC(=O)O. The van der Waals surface area contributed by atoms with E-state index in [4.69, 9.17) is 9.84 Å². The lowest BCUT2D eigenvalue weighted by Crippen LogP contribution is -2.53. The van der Waals surface area contributed by atoms with E-state index in [2.05, 4.69) is 0 Å². The molecule has 0 aliphatic heterocycles. The largest absolute Gasteiger partial charge is 0.481 e. The summed E-state index contributed by atoms with van der Waals surface area (Å²) in [6, 6.07) is 0. The van der Waals surface area contributed by atoms with Crippen molar-refractivity contribution in [3.05, 3.63) is 0 Å². The van der Waals surface area contributed by atoms with Crippen LogP contribution in [0.2, 0.25) is 0 Å². The fourth-order valence-electron chi connectivity index (χ4n) is 1.40. The van der Waals surface area contributed by atoms with Crippen LogP contribution in [0.25, 0.3) is 0 Å². The van der Waals surface area contributed by atoms with Gasteiger partial charge in [-0.25, -0.2) is 0 Å². The maximum atomic E-state index is 10.3. The molecule has 11 heavy (non-hydrogen) atoms. The lowest BCUT2D eigenvalue weighted by Gasteiger charge is -2.43. The zero-order valence-electron chi connectivity index (χ0n) is 6.41. The first-order valence-electron chi connectivity index (χ1n) is 3.55.